The Bertz CT molecular complexity index is 160. The lowest BCUT2D eigenvalue weighted by Gasteiger charge is -2.14. The Morgan fingerprint density at radius 2 is 2.07 bits per heavy atom. The fraction of sp³-hybridized carbons (Fsp3) is 0.833. The average molecular weight is 196 g/mol. The van der Waals surface area contributed by atoms with Crippen LogP contribution in [0.5, 0.6) is 0 Å². The van der Waals surface area contributed by atoms with Crippen molar-refractivity contribution < 1.29 is 0 Å². The van der Waals surface area contributed by atoms with Gasteiger partial charge in [0.25, 0.3) is 0 Å². The lowest BCUT2D eigenvalue weighted by atomic mass is 10.2. The van der Waals surface area contributed by atoms with Crippen molar-refractivity contribution >= 4 is 0 Å². The third-order valence-electron chi connectivity index (χ3n) is 2.90. The van der Waals surface area contributed by atoms with E-state index < -0.39 is 0 Å². The number of nitrogens with zero attached hydrogens (tertiary/aromatic N) is 1. The van der Waals surface area contributed by atoms with Gasteiger partial charge in [0.15, 0.2) is 0 Å². The molecule has 1 heterocycles. The van der Waals surface area contributed by atoms with Gasteiger partial charge < -0.3 is 10.2 Å². The maximum atomic E-state index is 3.98. The van der Waals surface area contributed by atoms with Gasteiger partial charge in [0.2, 0.25) is 0 Å². The standard InChI is InChI=1S/C12H24N2/c1-3-12(2)11-13-7-6-10-14-8-4-5-9-14/h13H,2-11H2,1H3. The number of hydrogen-bond acceptors (Lipinski definition) is 2. The van der Waals surface area contributed by atoms with E-state index in [0.717, 1.165) is 19.5 Å². The lowest BCUT2D eigenvalue weighted by molar-refractivity contribution is 0.332. The predicted octanol–water partition coefficient (Wildman–Crippen LogP) is 2.03. The van der Waals surface area contributed by atoms with Crippen LogP contribution in [0.1, 0.15) is 32.6 Å². The van der Waals surface area contributed by atoms with Crippen molar-refractivity contribution in [2.24, 2.45) is 0 Å². The largest absolute Gasteiger partial charge is 0.313 e. The molecule has 0 radical (unpaired) electrons. The molecule has 1 rings (SSSR count). The monoisotopic (exact) mass is 196 g/mol. The zero-order valence-electron chi connectivity index (χ0n) is 9.52. The van der Waals surface area contributed by atoms with E-state index in [2.05, 4.69) is 23.7 Å². The Kier molecular flexibility index (Phi) is 5.88. The van der Waals surface area contributed by atoms with Gasteiger partial charge in [0.1, 0.15) is 0 Å². The first kappa shape index (κ1) is 11.7. The van der Waals surface area contributed by atoms with Crippen LogP contribution in [0.15, 0.2) is 12.2 Å². The molecular formula is C12H24N2. The minimum atomic E-state index is 0.997. The van der Waals surface area contributed by atoms with E-state index >= 15 is 0 Å². The fourth-order valence-corrected chi connectivity index (χ4v) is 1.82. The van der Waals surface area contributed by atoms with Crippen LogP contribution in [0.25, 0.3) is 0 Å². The molecule has 2 nitrogen and oxygen atoms in total. The van der Waals surface area contributed by atoms with Gasteiger partial charge in [-0.15, -0.1) is 0 Å². The van der Waals surface area contributed by atoms with Crippen molar-refractivity contribution in [2.75, 3.05) is 32.7 Å². The molecule has 0 aromatic carbocycles. The highest BCUT2D eigenvalue weighted by atomic mass is 15.1. The Hall–Kier alpha value is -0.340. The van der Waals surface area contributed by atoms with Crippen molar-refractivity contribution in [3.63, 3.8) is 0 Å². The van der Waals surface area contributed by atoms with Gasteiger partial charge >= 0.3 is 0 Å². The van der Waals surface area contributed by atoms with Crippen LogP contribution in [-0.2, 0) is 0 Å². The lowest BCUT2D eigenvalue weighted by Crippen LogP contribution is -2.25. The molecule has 0 bridgehead atoms. The van der Waals surface area contributed by atoms with Crippen LogP contribution in [0.3, 0.4) is 0 Å². The first-order valence-electron chi connectivity index (χ1n) is 5.92. The highest BCUT2D eigenvalue weighted by molar-refractivity contribution is 4.94. The molecule has 1 N–H and O–H groups in total. The van der Waals surface area contributed by atoms with Gasteiger partial charge in [-0.2, -0.15) is 0 Å². The molecule has 2 heteroatoms. The molecule has 0 atom stereocenters. The molecule has 0 aromatic heterocycles. The summed E-state index contributed by atoms with van der Waals surface area (Å²) in [7, 11) is 0. The van der Waals surface area contributed by atoms with Gasteiger partial charge in [-0.05, 0) is 51.9 Å². The predicted molar refractivity (Wildman–Crippen MR) is 62.6 cm³/mol. The molecule has 0 unspecified atom stereocenters. The van der Waals surface area contributed by atoms with Gasteiger partial charge in [-0.25, -0.2) is 0 Å². The molecule has 1 saturated heterocycles. The molecule has 0 amide bonds. The van der Waals surface area contributed by atoms with Crippen LogP contribution in [0.4, 0.5) is 0 Å². The second-order valence-corrected chi connectivity index (χ2v) is 4.18. The minimum absolute atomic E-state index is 0.997. The highest BCUT2D eigenvalue weighted by Crippen LogP contribution is 2.06. The summed E-state index contributed by atoms with van der Waals surface area (Å²) in [5, 5.41) is 3.43. The van der Waals surface area contributed by atoms with E-state index in [4.69, 9.17) is 0 Å². The molecule has 0 spiro atoms. The SMILES string of the molecule is C=C(CC)CNCCCN1CCCC1. The van der Waals surface area contributed by atoms with E-state index in [0.29, 0.717) is 0 Å². The quantitative estimate of drug-likeness (QED) is 0.495. The highest BCUT2D eigenvalue weighted by Gasteiger charge is 2.09. The summed E-state index contributed by atoms with van der Waals surface area (Å²) in [6, 6.07) is 0. The first-order valence-corrected chi connectivity index (χ1v) is 5.92. The first-order chi connectivity index (χ1) is 6.83. The third kappa shape index (κ3) is 4.77. The third-order valence-corrected chi connectivity index (χ3v) is 2.90. The maximum absolute atomic E-state index is 3.98. The average Bonchev–Trinajstić information content (AvgIpc) is 2.69. The van der Waals surface area contributed by atoms with E-state index in [1.54, 1.807) is 0 Å². The fourth-order valence-electron chi connectivity index (χ4n) is 1.82. The number of likely N-dealkylation sites (tertiary alicyclic amines) is 1. The van der Waals surface area contributed by atoms with Crippen LogP contribution in [-0.4, -0.2) is 37.6 Å². The van der Waals surface area contributed by atoms with Gasteiger partial charge in [0, 0.05) is 6.54 Å². The summed E-state index contributed by atoms with van der Waals surface area (Å²) >= 11 is 0. The van der Waals surface area contributed by atoms with Gasteiger partial charge in [-0.1, -0.05) is 19.1 Å². The van der Waals surface area contributed by atoms with Crippen molar-refractivity contribution in [1.29, 1.82) is 0 Å². The molecule has 1 aliphatic rings. The maximum Gasteiger partial charge on any atom is 0.0161 e. The number of nitrogens with one attached hydrogen (secondary N) is 1. The number of rotatable bonds is 7. The Morgan fingerprint density at radius 3 is 2.71 bits per heavy atom. The number of hydrogen-bond donors (Lipinski definition) is 1. The topological polar surface area (TPSA) is 15.3 Å². The Morgan fingerprint density at radius 1 is 1.36 bits per heavy atom. The molecule has 0 aromatic rings. The summed E-state index contributed by atoms with van der Waals surface area (Å²) in [6.07, 6.45) is 5.18. The minimum Gasteiger partial charge on any atom is -0.313 e. The summed E-state index contributed by atoms with van der Waals surface area (Å²) in [6.45, 7) is 12.2. The zero-order chi connectivity index (χ0) is 10.2. The van der Waals surface area contributed by atoms with Crippen LogP contribution in [0.2, 0.25) is 0 Å². The summed E-state index contributed by atoms with van der Waals surface area (Å²) < 4.78 is 0. The van der Waals surface area contributed by atoms with E-state index in [1.165, 1.54) is 44.5 Å². The Balaban J connectivity index is 1.86. The van der Waals surface area contributed by atoms with Crippen LogP contribution < -0.4 is 5.32 Å². The van der Waals surface area contributed by atoms with E-state index in [-0.39, 0.29) is 0 Å². The van der Waals surface area contributed by atoms with Crippen molar-refractivity contribution in [3.8, 4) is 0 Å². The molecule has 82 valence electrons. The van der Waals surface area contributed by atoms with Crippen molar-refractivity contribution in [3.05, 3.63) is 12.2 Å². The van der Waals surface area contributed by atoms with Gasteiger partial charge in [0.05, 0.1) is 0 Å². The van der Waals surface area contributed by atoms with Gasteiger partial charge in [-0.3, -0.25) is 0 Å². The molecule has 1 aliphatic heterocycles. The molecule has 1 fully saturated rings. The van der Waals surface area contributed by atoms with Crippen LogP contribution >= 0.6 is 0 Å². The summed E-state index contributed by atoms with van der Waals surface area (Å²) in [5.41, 5.74) is 1.31. The Labute approximate surface area is 88.4 Å². The summed E-state index contributed by atoms with van der Waals surface area (Å²) in [5.74, 6) is 0. The van der Waals surface area contributed by atoms with Crippen molar-refractivity contribution in [2.45, 2.75) is 32.6 Å². The second kappa shape index (κ2) is 7.02. The smallest absolute Gasteiger partial charge is 0.0161 e. The molecule has 0 aliphatic carbocycles. The van der Waals surface area contributed by atoms with E-state index in [1.807, 2.05) is 0 Å². The second-order valence-electron chi connectivity index (χ2n) is 4.18. The summed E-state index contributed by atoms with van der Waals surface area (Å²) in [4.78, 5) is 2.57. The molecule has 0 saturated carbocycles. The van der Waals surface area contributed by atoms with Crippen LogP contribution in [0, 0.1) is 0 Å². The van der Waals surface area contributed by atoms with Crippen molar-refractivity contribution in [1.82, 2.24) is 10.2 Å². The molecular weight excluding hydrogens is 172 g/mol. The normalized spacial score (nSPS) is 17.5. The van der Waals surface area contributed by atoms with E-state index in [9.17, 15) is 0 Å². The zero-order valence-corrected chi connectivity index (χ0v) is 9.52. The molecule has 14 heavy (non-hydrogen) atoms.